The molecule has 3 saturated carbocycles. The van der Waals surface area contributed by atoms with Crippen molar-refractivity contribution in [2.45, 2.75) is 70.6 Å². The zero-order chi connectivity index (χ0) is 12.4. The van der Waals surface area contributed by atoms with Crippen molar-refractivity contribution in [1.82, 2.24) is 0 Å². The van der Waals surface area contributed by atoms with Crippen LogP contribution < -0.4 is 0 Å². The Hall–Kier alpha value is -0.510. The van der Waals surface area contributed by atoms with E-state index in [9.17, 15) is 0 Å². The van der Waals surface area contributed by atoms with Gasteiger partial charge in [-0.05, 0) is 62.2 Å². The van der Waals surface area contributed by atoms with Crippen LogP contribution in [-0.2, 0) is 0 Å². The smallest absolute Gasteiger partial charge is 0.0655 e. The van der Waals surface area contributed by atoms with Crippen molar-refractivity contribution in [3.05, 3.63) is 0 Å². The third kappa shape index (κ3) is 2.58. The highest BCUT2D eigenvalue weighted by Crippen LogP contribution is 2.48. The molecule has 0 amide bonds. The second kappa shape index (κ2) is 5.64. The number of nitrogens with zero attached hydrogens (tertiary/aromatic N) is 1. The molecular weight excluding hydrogens is 218 g/mol. The van der Waals surface area contributed by atoms with Gasteiger partial charge in [-0.25, -0.2) is 0 Å². The number of nitriles is 1. The van der Waals surface area contributed by atoms with E-state index >= 15 is 0 Å². The SMILES string of the molecule is N#CC1CCC2CC(C3CCCCC3)CCC2C1. The first kappa shape index (κ1) is 12.5. The third-order valence-electron chi connectivity index (χ3n) is 6.15. The lowest BCUT2D eigenvalue weighted by Gasteiger charge is -2.43. The van der Waals surface area contributed by atoms with Crippen molar-refractivity contribution in [2.24, 2.45) is 29.6 Å². The molecule has 3 aliphatic carbocycles. The predicted molar refractivity (Wildman–Crippen MR) is 73.9 cm³/mol. The zero-order valence-electron chi connectivity index (χ0n) is 11.6. The summed E-state index contributed by atoms with van der Waals surface area (Å²) in [5.41, 5.74) is 0. The Morgan fingerprint density at radius 3 is 1.94 bits per heavy atom. The molecule has 0 aromatic carbocycles. The van der Waals surface area contributed by atoms with Crippen molar-refractivity contribution in [2.75, 3.05) is 0 Å². The molecule has 0 N–H and O–H groups in total. The normalized spacial score (nSPS) is 41.9. The molecule has 0 aromatic rings. The molecule has 18 heavy (non-hydrogen) atoms. The van der Waals surface area contributed by atoms with Crippen LogP contribution in [0.1, 0.15) is 70.6 Å². The minimum absolute atomic E-state index is 0.387. The van der Waals surface area contributed by atoms with Gasteiger partial charge in [-0.1, -0.05) is 32.1 Å². The summed E-state index contributed by atoms with van der Waals surface area (Å²) in [5, 5.41) is 9.09. The average Bonchev–Trinajstić information content (AvgIpc) is 2.47. The molecule has 0 bridgehead atoms. The molecule has 0 aromatic heterocycles. The quantitative estimate of drug-likeness (QED) is 0.643. The molecule has 3 aliphatic rings. The highest BCUT2D eigenvalue weighted by atomic mass is 14.4. The van der Waals surface area contributed by atoms with Gasteiger partial charge in [0.2, 0.25) is 0 Å². The summed E-state index contributed by atoms with van der Waals surface area (Å²) in [5.74, 6) is 4.38. The predicted octanol–water partition coefficient (Wildman–Crippen LogP) is 4.92. The van der Waals surface area contributed by atoms with Gasteiger partial charge in [0.05, 0.1) is 6.07 Å². The fourth-order valence-electron chi connectivity index (χ4n) is 5.08. The molecule has 3 fully saturated rings. The van der Waals surface area contributed by atoms with Crippen LogP contribution in [0.5, 0.6) is 0 Å². The topological polar surface area (TPSA) is 23.8 Å². The third-order valence-corrected chi connectivity index (χ3v) is 6.15. The molecule has 0 radical (unpaired) electrons. The monoisotopic (exact) mass is 245 g/mol. The number of hydrogen-bond acceptors (Lipinski definition) is 1. The fraction of sp³-hybridized carbons (Fsp3) is 0.941. The summed E-state index contributed by atoms with van der Waals surface area (Å²) in [6, 6.07) is 2.51. The van der Waals surface area contributed by atoms with Gasteiger partial charge in [0.25, 0.3) is 0 Å². The highest BCUT2D eigenvalue weighted by Gasteiger charge is 2.37. The van der Waals surface area contributed by atoms with E-state index in [2.05, 4.69) is 6.07 Å². The number of fused-ring (bicyclic) bond motifs is 1. The molecule has 4 unspecified atom stereocenters. The molecule has 0 spiro atoms. The van der Waals surface area contributed by atoms with E-state index in [1.165, 1.54) is 70.6 Å². The van der Waals surface area contributed by atoms with Crippen LogP contribution in [0, 0.1) is 40.9 Å². The van der Waals surface area contributed by atoms with Gasteiger partial charge in [0.1, 0.15) is 0 Å². The minimum atomic E-state index is 0.387. The van der Waals surface area contributed by atoms with Crippen LogP contribution in [-0.4, -0.2) is 0 Å². The Kier molecular flexibility index (Phi) is 3.92. The van der Waals surface area contributed by atoms with Crippen LogP contribution in [0.15, 0.2) is 0 Å². The van der Waals surface area contributed by atoms with Crippen molar-refractivity contribution in [1.29, 1.82) is 5.26 Å². The first-order valence-electron chi connectivity index (χ1n) is 8.26. The van der Waals surface area contributed by atoms with Gasteiger partial charge in [0.15, 0.2) is 0 Å². The van der Waals surface area contributed by atoms with Gasteiger partial charge in [-0.3, -0.25) is 0 Å². The lowest BCUT2D eigenvalue weighted by atomic mass is 9.61. The first-order valence-corrected chi connectivity index (χ1v) is 8.26. The van der Waals surface area contributed by atoms with Gasteiger partial charge in [-0.15, -0.1) is 0 Å². The summed E-state index contributed by atoms with van der Waals surface area (Å²) < 4.78 is 0. The lowest BCUT2D eigenvalue weighted by molar-refractivity contribution is 0.0751. The van der Waals surface area contributed by atoms with Gasteiger partial charge < -0.3 is 0 Å². The molecule has 4 atom stereocenters. The Morgan fingerprint density at radius 1 is 0.611 bits per heavy atom. The van der Waals surface area contributed by atoms with Crippen molar-refractivity contribution < 1.29 is 0 Å². The number of rotatable bonds is 1. The van der Waals surface area contributed by atoms with Crippen LogP contribution in [0.2, 0.25) is 0 Å². The Morgan fingerprint density at radius 2 is 1.22 bits per heavy atom. The van der Waals surface area contributed by atoms with E-state index in [0.717, 1.165) is 23.7 Å². The molecule has 3 rings (SSSR count). The molecule has 0 saturated heterocycles. The summed E-state index contributed by atoms with van der Waals surface area (Å²) in [6.45, 7) is 0. The standard InChI is InChI=1S/C17H27N/c18-12-13-6-7-17-11-16(9-8-15(17)10-13)14-4-2-1-3-5-14/h13-17H,1-11H2. The van der Waals surface area contributed by atoms with E-state index in [1.807, 2.05) is 0 Å². The second-order valence-corrected chi connectivity index (χ2v) is 7.13. The van der Waals surface area contributed by atoms with E-state index in [-0.39, 0.29) is 0 Å². The van der Waals surface area contributed by atoms with E-state index in [4.69, 9.17) is 5.26 Å². The second-order valence-electron chi connectivity index (χ2n) is 7.13. The maximum absolute atomic E-state index is 9.09. The van der Waals surface area contributed by atoms with Gasteiger partial charge >= 0.3 is 0 Å². The maximum atomic E-state index is 9.09. The van der Waals surface area contributed by atoms with Crippen molar-refractivity contribution >= 4 is 0 Å². The summed E-state index contributed by atoms with van der Waals surface area (Å²) in [6.07, 6.45) is 15.7. The van der Waals surface area contributed by atoms with Crippen LogP contribution in [0.4, 0.5) is 0 Å². The highest BCUT2D eigenvalue weighted by molar-refractivity contribution is 4.94. The van der Waals surface area contributed by atoms with Crippen LogP contribution in [0.3, 0.4) is 0 Å². The first-order chi connectivity index (χ1) is 8.86. The van der Waals surface area contributed by atoms with Gasteiger partial charge in [0, 0.05) is 5.92 Å². The Balaban J connectivity index is 1.56. The van der Waals surface area contributed by atoms with Crippen LogP contribution >= 0.6 is 0 Å². The van der Waals surface area contributed by atoms with E-state index in [0.29, 0.717) is 5.92 Å². The van der Waals surface area contributed by atoms with E-state index in [1.54, 1.807) is 0 Å². The zero-order valence-corrected chi connectivity index (χ0v) is 11.6. The van der Waals surface area contributed by atoms with Gasteiger partial charge in [-0.2, -0.15) is 5.26 Å². The molecular formula is C17H27N. The average molecular weight is 245 g/mol. The summed E-state index contributed by atoms with van der Waals surface area (Å²) in [4.78, 5) is 0. The molecule has 0 aliphatic heterocycles. The summed E-state index contributed by atoms with van der Waals surface area (Å²) in [7, 11) is 0. The maximum Gasteiger partial charge on any atom is 0.0655 e. The Labute approximate surface area is 112 Å². The number of hydrogen-bond donors (Lipinski definition) is 0. The van der Waals surface area contributed by atoms with Crippen molar-refractivity contribution in [3.8, 4) is 6.07 Å². The summed E-state index contributed by atoms with van der Waals surface area (Å²) >= 11 is 0. The minimum Gasteiger partial charge on any atom is -0.198 e. The Bertz CT molecular complexity index is 310. The molecule has 100 valence electrons. The largest absolute Gasteiger partial charge is 0.198 e. The van der Waals surface area contributed by atoms with E-state index < -0.39 is 0 Å². The lowest BCUT2D eigenvalue weighted by Crippen LogP contribution is -2.33. The van der Waals surface area contributed by atoms with Crippen molar-refractivity contribution in [3.63, 3.8) is 0 Å². The fourth-order valence-corrected chi connectivity index (χ4v) is 5.08. The van der Waals surface area contributed by atoms with Crippen LogP contribution in [0.25, 0.3) is 0 Å². The molecule has 1 nitrogen and oxygen atoms in total. The molecule has 1 heteroatoms. The molecule has 0 heterocycles.